The summed E-state index contributed by atoms with van der Waals surface area (Å²) in [7, 11) is 0. The van der Waals surface area contributed by atoms with Crippen molar-refractivity contribution in [1.29, 1.82) is 0 Å². The number of aryl methyl sites for hydroxylation is 2. The molecule has 0 aliphatic heterocycles. The summed E-state index contributed by atoms with van der Waals surface area (Å²) in [6, 6.07) is 2.41. The van der Waals surface area contributed by atoms with E-state index in [9.17, 15) is 0 Å². The molecule has 0 fully saturated rings. The molecule has 0 amide bonds. The van der Waals surface area contributed by atoms with E-state index in [2.05, 4.69) is 29.2 Å². The van der Waals surface area contributed by atoms with Gasteiger partial charge in [0.2, 0.25) is 0 Å². The number of aromatic nitrogens is 4. The molecule has 21 heavy (non-hydrogen) atoms. The predicted molar refractivity (Wildman–Crippen MR) is 82.9 cm³/mol. The Hall–Kier alpha value is -1.75. The SMILES string of the molecule is CCCn1nccc1-c1ncc2c(n1)CCCC2NCC. The summed E-state index contributed by atoms with van der Waals surface area (Å²) in [5.74, 6) is 0.803. The van der Waals surface area contributed by atoms with Crippen LogP contribution in [0.1, 0.15) is 50.4 Å². The van der Waals surface area contributed by atoms with Gasteiger partial charge in [0.25, 0.3) is 0 Å². The van der Waals surface area contributed by atoms with Gasteiger partial charge in [0.15, 0.2) is 5.82 Å². The standard InChI is InChI=1S/C16H23N5/c1-3-10-21-15(8-9-19-21)16-18-11-12-13(17-4-2)6-5-7-14(12)20-16/h8-9,11,13,17H,3-7,10H2,1-2H3. The minimum Gasteiger partial charge on any atom is -0.310 e. The first-order valence-corrected chi connectivity index (χ1v) is 7.94. The molecule has 1 unspecified atom stereocenters. The highest BCUT2D eigenvalue weighted by Crippen LogP contribution is 2.29. The van der Waals surface area contributed by atoms with Gasteiger partial charge in [-0.1, -0.05) is 13.8 Å². The number of hydrogen-bond acceptors (Lipinski definition) is 4. The number of nitrogens with zero attached hydrogens (tertiary/aromatic N) is 4. The number of rotatable bonds is 5. The van der Waals surface area contributed by atoms with E-state index in [0.717, 1.165) is 37.4 Å². The summed E-state index contributed by atoms with van der Waals surface area (Å²) in [4.78, 5) is 9.42. The second-order valence-electron chi connectivity index (χ2n) is 5.54. The van der Waals surface area contributed by atoms with Gasteiger partial charge in [-0.2, -0.15) is 5.10 Å². The lowest BCUT2D eigenvalue weighted by Gasteiger charge is -2.25. The zero-order chi connectivity index (χ0) is 14.7. The molecule has 1 aliphatic carbocycles. The number of nitrogens with one attached hydrogen (secondary N) is 1. The zero-order valence-electron chi connectivity index (χ0n) is 12.8. The third-order valence-corrected chi connectivity index (χ3v) is 4.01. The molecule has 0 saturated carbocycles. The van der Waals surface area contributed by atoms with Crippen LogP contribution < -0.4 is 5.32 Å². The third-order valence-electron chi connectivity index (χ3n) is 4.01. The van der Waals surface area contributed by atoms with Gasteiger partial charge in [0.05, 0.1) is 0 Å². The molecule has 1 N–H and O–H groups in total. The summed E-state index contributed by atoms with van der Waals surface area (Å²) < 4.78 is 1.99. The van der Waals surface area contributed by atoms with E-state index in [1.807, 2.05) is 23.1 Å². The molecule has 5 nitrogen and oxygen atoms in total. The van der Waals surface area contributed by atoms with Crippen LogP contribution >= 0.6 is 0 Å². The van der Waals surface area contributed by atoms with Crippen LogP contribution in [0.25, 0.3) is 11.5 Å². The lowest BCUT2D eigenvalue weighted by atomic mass is 9.92. The van der Waals surface area contributed by atoms with E-state index in [1.165, 1.54) is 24.1 Å². The van der Waals surface area contributed by atoms with Crippen LogP contribution in [-0.2, 0) is 13.0 Å². The molecule has 5 heteroatoms. The van der Waals surface area contributed by atoms with Crippen LogP contribution in [0.2, 0.25) is 0 Å². The largest absolute Gasteiger partial charge is 0.310 e. The number of hydrogen-bond donors (Lipinski definition) is 1. The van der Waals surface area contributed by atoms with Gasteiger partial charge in [-0.05, 0) is 38.3 Å². The fraction of sp³-hybridized carbons (Fsp3) is 0.562. The maximum Gasteiger partial charge on any atom is 0.178 e. The van der Waals surface area contributed by atoms with Crippen molar-refractivity contribution in [3.05, 3.63) is 29.7 Å². The van der Waals surface area contributed by atoms with E-state index in [0.29, 0.717) is 6.04 Å². The van der Waals surface area contributed by atoms with Crippen molar-refractivity contribution in [2.75, 3.05) is 6.54 Å². The molecule has 2 aromatic rings. The lowest BCUT2D eigenvalue weighted by Crippen LogP contribution is -2.26. The van der Waals surface area contributed by atoms with Gasteiger partial charge >= 0.3 is 0 Å². The number of fused-ring (bicyclic) bond motifs is 1. The van der Waals surface area contributed by atoms with E-state index in [4.69, 9.17) is 4.98 Å². The Morgan fingerprint density at radius 3 is 3.10 bits per heavy atom. The quantitative estimate of drug-likeness (QED) is 0.917. The van der Waals surface area contributed by atoms with Crippen LogP contribution in [0.4, 0.5) is 0 Å². The molecule has 0 bridgehead atoms. The van der Waals surface area contributed by atoms with Gasteiger partial charge in [0.1, 0.15) is 5.69 Å². The average Bonchev–Trinajstić information content (AvgIpc) is 2.96. The average molecular weight is 285 g/mol. The molecule has 1 atom stereocenters. The lowest BCUT2D eigenvalue weighted by molar-refractivity contribution is 0.464. The van der Waals surface area contributed by atoms with Crippen molar-refractivity contribution in [1.82, 2.24) is 25.1 Å². The Balaban J connectivity index is 1.94. The first-order chi connectivity index (χ1) is 10.3. The predicted octanol–water partition coefficient (Wildman–Crippen LogP) is 2.74. The van der Waals surface area contributed by atoms with E-state index >= 15 is 0 Å². The van der Waals surface area contributed by atoms with Gasteiger partial charge in [-0.15, -0.1) is 0 Å². The summed E-state index contributed by atoms with van der Waals surface area (Å²) in [5, 5.41) is 7.89. The van der Waals surface area contributed by atoms with Crippen LogP contribution in [-0.4, -0.2) is 26.3 Å². The second kappa shape index (κ2) is 6.35. The molecule has 2 heterocycles. The van der Waals surface area contributed by atoms with Crippen molar-refractivity contribution >= 4 is 0 Å². The smallest absolute Gasteiger partial charge is 0.178 e. The maximum atomic E-state index is 4.82. The molecular weight excluding hydrogens is 262 g/mol. The van der Waals surface area contributed by atoms with E-state index in [-0.39, 0.29) is 0 Å². The second-order valence-corrected chi connectivity index (χ2v) is 5.54. The fourth-order valence-corrected chi connectivity index (χ4v) is 3.04. The minimum absolute atomic E-state index is 0.411. The van der Waals surface area contributed by atoms with Crippen LogP contribution in [0.3, 0.4) is 0 Å². The Morgan fingerprint density at radius 1 is 1.38 bits per heavy atom. The van der Waals surface area contributed by atoms with Crippen molar-refractivity contribution in [2.24, 2.45) is 0 Å². The first-order valence-electron chi connectivity index (χ1n) is 7.94. The molecule has 3 rings (SSSR count). The summed E-state index contributed by atoms with van der Waals surface area (Å²) in [6.07, 6.45) is 8.31. The summed E-state index contributed by atoms with van der Waals surface area (Å²) in [6.45, 7) is 6.19. The highest BCUT2D eigenvalue weighted by Gasteiger charge is 2.22. The molecule has 0 saturated heterocycles. The van der Waals surface area contributed by atoms with Crippen LogP contribution in [0, 0.1) is 0 Å². The fourth-order valence-electron chi connectivity index (χ4n) is 3.04. The Labute approximate surface area is 125 Å². The van der Waals surface area contributed by atoms with Gasteiger partial charge in [-0.3, -0.25) is 4.68 Å². The van der Waals surface area contributed by atoms with Crippen LogP contribution in [0.5, 0.6) is 0 Å². The maximum absolute atomic E-state index is 4.82. The van der Waals surface area contributed by atoms with E-state index in [1.54, 1.807) is 0 Å². The molecule has 2 aromatic heterocycles. The Kier molecular flexibility index (Phi) is 4.29. The molecule has 112 valence electrons. The Bertz CT molecular complexity index is 604. The van der Waals surface area contributed by atoms with Crippen molar-refractivity contribution in [2.45, 2.75) is 52.1 Å². The normalized spacial score (nSPS) is 17.7. The van der Waals surface area contributed by atoms with Gasteiger partial charge in [0, 0.05) is 36.2 Å². The minimum atomic E-state index is 0.411. The third kappa shape index (κ3) is 2.83. The first kappa shape index (κ1) is 14.2. The molecule has 0 radical (unpaired) electrons. The summed E-state index contributed by atoms with van der Waals surface area (Å²) in [5.41, 5.74) is 3.49. The summed E-state index contributed by atoms with van der Waals surface area (Å²) >= 11 is 0. The molecule has 1 aliphatic rings. The zero-order valence-corrected chi connectivity index (χ0v) is 12.8. The monoisotopic (exact) mass is 285 g/mol. The molecule has 0 aromatic carbocycles. The van der Waals surface area contributed by atoms with Gasteiger partial charge in [-0.25, -0.2) is 9.97 Å². The molecular formula is C16H23N5. The highest BCUT2D eigenvalue weighted by molar-refractivity contribution is 5.50. The topological polar surface area (TPSA) is 55.6 Å². The van der Waals surface area contributed by atoms with Crippen molar-refractivity contribution in [3.63, 3.8) is 0 Å². The highest BCUT2D eigenvalue weighted by atomic mass is 15.3. The van der Waals surface area contributed by atoms with Crippen molar-refractivity contribution in [3.8, 4) is 11.5 Å². The van der Waals surface area contributed by atoms with E-state index < -0.39 is 0 Å². The molecule has 0 spiro atoms. The van der Waals surface area contributed by atoms with Gasteiger partial charge < -0.3 is 5.32 Å². The van der Waals surface area contributed by atoms with Crippen LogP contribution in [0.15, 0.2) is 18.5 Å². The van der Waals surface area contributed by atoms with Crippen molar-refractivity contribution < 1.29 is 0 Å². The Morgan fingerprint density at radius 2 is 2.29 bits per heavy atom.